The Balaban J connectivity index is 0.00000341. The summed E-state index contributed by atoms with van der Waals surface area (Å²) in [6.45, 7) is 0.483. The fourth-order valence-corrected chi connectivity index (χ4v) is 4.57. The summed E-state index contributed by atoms with van der Waals surface area (Å²) in [7, 11) is 0. The molecule has 0 saturated heterocycles. The topological polar surface area (TPSA) is 138 Å². The summed E-state index contributed by atoms with van der Waals surface area (Å²) in [5, 5.41) is 7.79. The number of carbonyl (C=O) groups excluding carboxylic acids is 2. The van der Waals surface area contributed by atoms with Gasteiger partial charge in [0, 0.05) is 50.6 Å². The number of para-hydroxylation sites is 1. The van der Waals surface area contributed by atoms with Gasteiger partial charge in [0.1, 0.15) is 0 Å². The number of hydrogen-bond donors (Lipinski definition) is 3. The molecule has 5 N–H and O–H groups in total. The molecule has 31 heavy (non-hydrogen) atoms. The maximum absolute atomic E-state index is 13.1. The molecule has 1 aliphatic carbocycles. The summed E-state index contributed by atoms with van der Waals surface area (Å²) in [5.74, 6) is -0.409. The van der Waals surface area contributed by atoms with Crippen molar-refractivity contribution in [3.8, 4) is 0 Å². The van der Waals surface area contributed by atoms with Crippen LogP contribution in [-0.2, 0) is 4.79 Å². The molecule has 1 aromatic heterocycles. The second kappa shape index (κ2) is 13.5. The molecule has 1 atom stereocenters. The van der Waals surface area contributed by atoms with Gasteiger partial charge in [0.2, 0.25) is 5.78 Å². The zero-order chi connectivity index (χ0) is 21.3. The van der Waals surface area contributed by atoms with Crippen molar-refractivity contribution in [1.29, 1.82) is 0 Å². The zero-order valence-corrected chi connectivity index (χ0v) is 23.2. The summed E-state index contributed by atoms with van der Waals surface area (Å²) < 4.78 is 0.943. The number of hydrogen-bond acceptors (Lipinski definition) is 5. The number of ketones is 1. The number of nitrogens with zero attached hydrogens (tertiary/aromatic N) is 3. The van der Waals surface area contributed by atoms with E-state index >= 15 is 0 Å². The van der Waals surface area contributed by atoms with Gasteiger partial charge in [-0.25, -0.2) is 4.98 Å². The van der Waals surface area contributed by atoms with E-state index < -0.39 is 6.04 Å². The van der Waals surface area contributed by atoms with Crippen molar-refractivity contribution >= 4 is 39.2 Å². The van der Waals surface area contributed by atoms with Gasteiger partial charge < -0.3 is 22.1 Å². The van der Waals surface area contributed by atoms with Gasteiger partial charge in [0.25, 0.3) is 0 Å². The molecule has 1 amide bonds. The number of aromatic nitrogens is 1. The minimum absolute atomic E-state index is 0. The van der Waals surface area contributed by atoms with Gasteiger partial charge in [-0.1, -0.05) is 50.8 Å². The summed E-state index contributed by atoms with van der Waals surface area (Å²) in [5.41, 5.74) is 11.5. The van der Waals surface area contributed by atoms with Crippen LogP contribution in [0, 0.1) is 44.1 Å². The second-order valence-electron chi connectivity index (χ2n) is 7.55. The van der Waals surface area contributed by atoms with Crippen molar-refractivity contribution in [1.82, 2.24) is 10.3 Å². The number of thiazole rings is 1. The molecule has 0 aliphatic heterocycles. The van der Waals surface area contributed by atoms with Crippen LogP contribution >= 0.6 is 11.3 Å². The van der Waals surface area contributed by atoms with E-state index in [1.54, 1.807) is 0 Å². The molecule has 1 aliphatic rings. The van der Waals surface area contributed by atoms with E-state index in [0.717, 1.165) is 23.1 Å². The number of benzene rings is 1. The average Bonchev–Trinajstić information content (AvgIpc) is 3.19. The molecule has 1 unspecified atom stereocenters. The average molecular weight is 657 g/mol. The molecule has 1 saturated carbocycles. The first-order valence-electron chi connectivity index (χ1n) is 10.4. The maximum Gasteiger partial charge on any atom is 0.213 e. The maximum atomic E-state index is 13.1. The molecule has 1 aromatic carbocycles. The van der Waals surface area contributed by atoms with E-state index in [2.05, 4.69) is 20.6 Å². The predicted octanol–water partition coefficient (Wildman–Crippen LogP) is 2.72. The Labute approximate surface area is 222 Å². The van der Waals surface area contributed by atoms with Crippen LogP contribution < -0.4 is 16.8 Å². The Morgan fingerprint density at radius 1 is 1.23 bits per heavy atom. The molecule has 165 valence electrons. The van der Waals surface area contributed by atoms with Gasteiger partial charge in [-0.15, -0.1) is 17.4 Å². The largest absolute Gasteiger partial charge is 0.652 e. The number of carbonyl (C=O) groups is 2. The van der Waals surface area contributed by atoms with Gasteiger partial charge in [0.05, 0.1) is 16.3 Å². The van der Waals surface area contributed by atoms with Gasteiger partial charge >= 0.3 is 0 Å². The first kappa shape index (κ1) is 26.2. The minimum Gasteiger partial charge on any atom is -0.652 e. The Hall–Kier alpha value is -1.08. The fourth-order valence-electron chi connectivity index (χ4n) is 3.61. The fraction of sp³-hybridized carbons (Fsp3) is 0.524. The first-order chi connectivity index (χ1) is 14.5. The Bertz CT molecular complexity index is 860. The molecular formula is C21H29AcN6O2S-. The molecule has 0 bridgehead atoms. The standard InChI is InChI=1S/C21H29N6O2S.Ac/c22-21(23)24-12-6-10-16(26-18(28)13-25-14-7-2-1-3-8-14)19(29)20-27-15-9-4-5-11-17(15)30-20;/h4-5,9,11,14,16H,1-3,6-8,10,12-13H2,(H,26,28)(H4,22,23,24);/q-1;. The molecule has 8 nitrogen and oxygen atoms in total. The summed E-state index contributed by atoms with van der Waals surface area (Å²) in [4.78, 5) is 34.0. The van der Waals surface area contributed by atoms with Crippen LogP contribution in [0.5, 0.6) is 0 Å². The number of nitrogens with two attached hydrogens (primary N) is 2. The van der Waals surface area contributed by atoms with Gasteiger partial charge in [-0.3, -0.25) is 14.6 Å². The molecule has 3 rings (SSSR count). The van der Waals surface area contributed by atoms with Crippen LogP contribution in [0.1, 0.15) is 54.7 Å². The molecule has 1 radical (unpaired) electrons. The van der Waals surface area contributed by atoms with Crippen molar-refractivity contribution in [3.05, 3.63) is 34.6 Å². The van der Waals surface area contributed by atoms with Gasteiger partial charge in [-0.05, 0) is 25.0 Å². The number of guanidine groups is 1. The van der Waals surface area contributed by atoms with E-state index in [9.17, 15) is 9.59 Å². The minimum atomic E-state index is -0.672. The van der Waals surface area contributed by atoms with Crippen molar-refractivity contribution in [3.63, 3.8) is 0 Å². The smallest absolute Gasteiger partial charge is 0.213 e. The number of amides is 1. The molecule has 10 heteroatoms. The third-order valence-corrected chi connectivity index (χ3v) is 6.22. The van der Waals surface area contributed by atoms with Crippen molar-refractivity contribution < 1.29 is 53.7 Å². The number of fused-ring (bicyclic) bond motifs is 1. The molecule has 1 fully saturated rings. The van der Waals surface area contributed by atoms with Crippen molar-refractivity contribution in [2.45, 2.75) is 57.0 Å². The van der Waals surface area contributed by atoms with E-state index in [4.69, 9.17) is 11.5 Å². The Morgan fingerprint density at radius 2 is 1.97 bits per heavy atom. The van der Waals surface area contributed by atoms with Crippen LogP contribution in [0.25, 0.3) is 15.5 Å². The third kappa shape index (κ3) is 8.41. The number of Topliss-reactive ketones (excluding diaryl/α,β-unsaturated/α-hetero) is 1. The van der Waals surface area contributed by atoms with Crippen molar-refractivity contribution in [2.75, 3.05) is 13.1 Å². The Kier molecular flexibility index (Phi) is 11.4. The van der Waals surface area contributed by atoms with Gasteiger partial charge in [0.15, 0.2) is 16.9 Å². The van der Waals surface area contributed by atoms with Crippen molar-refractivity contribution in [2.24, 2.45) is 16.5 Å². The van der Waals surface area contributed by atoms with E-state index in [1.807, 2.05) is 24.3 Å². The molecular weight excluding hydrogens is 627 g/mol. The van der Waals surface area contributed by atoms with Crippen LogP contribution in [0.15, 0.2) is 29.3 Å². The van der Waals surface area contributed by atoms with Gasteiger partial charge in [-0.2, -0.15) is 0 Å². The SMILES string of the molecule is NC(N)=NCCCC(NC(=O)C[N-]C1CCCCC1)C(=O)c1nc2ccccc2s1.[Ac]. The number of rotatable bonds is 10. The number of nitrogens with one attached hydrogen (secondary N) is 1. The normalized spacial score (nSPS) is 15.1. The molecule has 0 spiro atoms. The number of aliphatic imine (C=N–C) groups is 1. The predicted molar refractivity (Wildman–Crippen MR) is 121 cm³/mol. The third-order valence-electron chi connectivity index (χ3n) is 5.17. The second-order valence-corrected chi connectivity index (χ2v) is 8.58. The van der Waals surface area contributed by atoms with Crippen LogP contribution in [0.4, 0.5) is 0 Å². The van der Waals surface area contributed by atoms with E-state index in [0.29, 0.717) is 24.4 Å². The first-order valence-corrected chi connectivity index (χ1v) is 11.3. The van der Waals surface area contributed by atoms with Crippen LogP contribution in [0.3, 0.4) is 0 Å². The quantitative estimate of drug-likeness (QED) is 0.156. The summed E-state index contributed by atoms with van der Waals surface area (Å²) >= 11 is 1.34. The van der Waals surface area contributed by atoms with E-state index in [1.165, 1.54) is 30.6 Å². The molecule has 2 aromatic rings. The van der Waals surface area contributed by atoms with E-state index in [-0.39, 0.29) is 74.3 Å². The summed E-state index contributed by atoms with van der Waals surface area (Å²) in [6, 6.07) is 7.18. The molecule has 1 heterocycles. The van der Waals surface area contributed by atoms with Crippen LogP contribution in [-0.4, -0.2) is 47.8 Å². The van der Waals surface area contributed by atoms with Crippen LogP contribution in [0.2, 0.25) is 0 Å². The summed E-state index contributed by atoms with van der Waals surface area (Å²) in [6.07, 6.45) is 6.66. The monoisotopic (exact) mass is 656 g/mol. The zero-order valence-electron chi connectivity index (χ0n) is 17.6. The Morgan fingerprint density at radius 3 is 2.68 bits per heavy atom.